The lowest BCUT2D eigenvalue weighted by Gasteiger charge is -2.08. The molecule has 0 aromatic carbocycles. The molecule has 66 valence electrons. The maximum absolute atomic E-state index is 8.70. The number of rotatable bonds is 3. The van der Waals surface area contributed by atoms with E-state index in [0.717, 1.165) is 29.4 Å². The molecule has 1 aliphatic rings. The van der Waals surface area contributed by atoms with Crippen LogP contribution >= 0.6 is 11.8 Å². The van der Waals surface area contributed by atoms with Crippen molar-refractivity contribution < 1.29 is 4.74 Å². The highest BCUT2D eigenvalue weighted by Gasteiger charge is 2.15. The highest BCUT2D eigenvalue weighted by molar-refractivity contribution is 7.99. The van der Waals surface area contributed by atoms with Crippen molar-refractivity contribution in [3.8, 4) is 6.07 Å². The van der Waals surface area contributed by atoms with Crippen LogP contribution in [0.4, 0.5) is 0 Å². The van der Waals surface area contributed by atoms with Crippen LogP contribution in [-0.2, 0) is 4.74 Å². The minimum Gasteiger partial charge on any atom is -0.496 e. The fraction of sp³-hybridized carbons (Fsp3) is 0.667. The van der Waals surface area contributed by atoms with Crippen LogP contribution in [0.2, 0.25) is 0 Å². The topological polar surface area (TPSA) is 33.0 Å². The van der Waals surface area contributed by atoms with Crippen molar-refractivity contribution in [3.05, 3.63) is 11.3 Å². The first-order valence-electron chi connectivity index (χ1n) is 4.06. The Kier molecular flexibility index (Phi) is 3.48. The third-order valence-electron chi connectivity index (χ3n) is 1.54. The molecule has 0 spiro atoms. The molecule has 0 radical (unpaired) electrons. The van der Waals surface area contributed by atoms with Crippen LogP contribution in [0.15, 0.2) is 11.3 Å². The summed E-state index contributed by atoms with van der Waals surface area (Å²) in [7, 11) is 0. The number of nitriles is 1. The van der Waals surface area contributed by atoms with Crippen LogP contribution in [0.5, 0.6) is 0 Å². The van der Waals surface area contributed by atoms with Gasteiger partial charge in [-0.25, -0.2) is 0 Å². The Labute approximate surface area is 77.6 Å². The number of nitrogens with zero attached hydrogens (tertiary/aromatic N) is 1. The van der Waals surface area contributed by atoms with Gasteiger partial charge >= 0.3 is 0 Å². The quantitative estimate of drug-likeness (QED) is 0.672. The van der Waals surface area contributed by atoms with Gasteiger partial charge in [-0.1, -0.05) is 13.8 Å². The molecule has 0 saturated carbocycles. The average molecular weight is 183 g/mol. The molecule has 0 atom stereocenters. The predicted molar refractivity (Wildman–Crippen MR) is 50.8 cm³/mol. The molecule has 0 aromatic rings. The van der Waals surface area contributed by atoms with Gasteiger partial charge in [0.05, 0.1) is 24.0 Å². The lowest BCUT2D eigenvalue weighted by Crippen LogP contribution is -2.03. The summed E-state index contributed by atoms with van der Waals surface area (Å²) in [6, 6.07) is 2.17. The summed E-state index contributed by atoms with van der Waals surface area (Å²) in [6.07, 6.45) is 0. The van der Waals surface area contributed by atoms with Crippen LogP contribution in [0.3, 0.4) is 0 Å². The summed E-state index contributed by atoms with van der Waals surface area (Å²) in [6.45, 7) is 4.93. The van der Waals surface area contributed by atoms with E-state index in [0.29, 0.717) is 5.92 Å². The zero-order valence-corrected chi connectivity index (χ0v) is 8.28. The predicted octanol–water partition coefficient (Wildman–Crippen LogP) is 2.18. The van der Waals surface area contributed by atoms with Crippen molar-refractivity contribution in [2.45, 2.75) is 13.8 Å². The molecule has 2 nitrogen and oxygen atoms in total. The largest absolute Gasteiger partial charge is 0.496 e. The van der Waals surface area contributed by atoms with Gasteiger partial charge in [0.1, 0.15) is 5.76 Å². The van der Waals surface area contributed by atoms with E-state index < -0.39 is 0 Å². The smallest absolute Gasteiger partial charge is 0.120 e. The van der Waals surface area contributed by atoms with E-state index in [-0.39, 0.29) is 0 Å². The maximum Gasteiger partial charge on any atom is 0.120 e. The molecule has 1 rings (SSSR count). The Bertz CT molecular complexity index is 227. The second-order valence-corrected chi connectivity index (χ2v) is 4.20. The van der Waals surface area contributed by atoms with E-state index in [2.05, 4.69) is 19.9 Å². The fourth-order valence-corrected chi connectivity index (χ4v) is 1.88. The number of thioether (sulfide) groups is 1. The minimum absolute atomic E-state index is 0.531. The summed E-state index contributed by atoms with van der Waals surface area (Å²) >= 11 is 1.74. The van der Waals surface area contributed by atoms with Gasteiger partial charge in [0.2, 0.25) is 0 Å². The van der Waals surface area contributed by atoms with Crippen molar-refractivity contribution in [1.29, 1.82) is 5.26 Å². The third-order valence-corrected chi connectivity index (χ3v) is 2.50. The monoisotopic (exact) mass is 183 g/mol. The summed E-state index contributed by atoms with van der Waals surface area (Å²) in [5.41, 5.74) is 0.820. The molecule has 0 unspecified atom stereocenters. The zero-order chi connectivity index (χ0) is 8.97. The number of ether oxygens (including phenoxy) is 1. The Morgan fingerprint density at radius 3 is 2.92 bits per heavy atom. The molecule has 0 amide bonds. The van der Waals surface area contributed by atoms with Gasteiger partial charge in [0.25, 0.3) is 0 Å². The Balaban J connectivity index is 2.46. The summed E-state index contributed by atoms with van der Waals surface area (Å²) in [5, 5.41) is 8.70. The van der Waals surface area contributed by atoms with Crippen molar-refractivity contribution in [1.82, 2.24) is 0 Å². The molecule has 0 aliphatic carbocycles. The second kappa shape index (κ2) is 4.42. The van der Waals surface area contributed by atoms with Crippen molar-refractivity contribution >= 4 is 11.8 Å². The molecule has 3 heteroatoms. The molecule has 0 fully saturated rings. The molecular weight excluding hydrogens is 170 g/mol. The van der Waals surface area contributed by atoms with E-state index in [1.165, 1.54) is 0 Å². The van der Waals surface area contributed by atoms with E-state index >= 15 is 0 Å². The highest BCUT2D eigenvalue weighted by atomic mass is 32.2. The SMILES string of the molecule is CC(C)COC1=C(C#N)CSC1. The van der Waals surface area contributed by atoms with Gasteiger partial charge < -0.3 is 4.74 Å². The van der Waals surface area contributed by atoms with Gasteiger partial charge in [0.15, 0.2) is 0 Å². The molecule has 0 saturated heterocycles. The van der Waals surface area contributed by atoms with E-state index in [1.54, 1.807) is 11.8 Å². The molecule has 1 heterocycles. The van der Waals surface area contributed by atoms with Gasteiger partial charge in [-0.15, -0.1) is 11.8 Å². The van der Waals surface area contributed by atoms with Crippen LogP contribution in [0.25, 0.3) is 0 Å². The average Bonchev–Trinajstić information content (AvgIpc) is 2.47. The molecule has 0 aromatic heterocycles. The van der Waals surface area contributed by atoms with E-state index in [9.17, 15) is 0 Å². The molecule has 1 aliphatic heterocycles. The van der Waals surface area contributed by atoms with Gasteiger partial charge in [-0.2, -0.15) is 5.26 Å². The molecule has 0 N–H and O–H groups in total. The Hall–Kier alpha value is -0.620. The second-order valence-electron chi connectivity index (χ2n) is 3.21. The van der Waals surface area contributed by atoms with Crippen molar-refractivity contribution in [2.24, 2.45) is 5.92 Å². The molecule has 0 bridgehead atoms. The lowest BCUT2D eigenvalue weighted by atomic mass is 10.2. The van der Waals surface area contributed by atoms with Crippen LogP contribution in [0.1, 0.15) is 13.8 Å². The van der Waals surface area contributed by atoms with Crippen molar-refractivity contribution in [3.63, 3.8) is 0 Å². The first kappa shape index (κ1) is 9.47. The summed E-state index contributed by atoms with van der Waals surface area (Å²) < 4.78 is 5.50. The van der Waals surface area contributed by atoms with Crippen LogP contribution < -0.4 is 0 Å². The van der Waals surface area contributed by atoms with Crippen LogP contribution in [0, 0.1) is 17.2 Å². The van der Waals surface area contributed by atoms with Crippen molar-refractivity contribution in [2.75, 3.05) is 18.1 Å². The summed E-state index contributed by atoms with van der Waals surface area (Å²) in [5.74, 6) is 3.12. The fourth-order valence-electron chi connectivity index (χ4n) is 0.904. The van der Waals surface area contributed by atoms with Crippen LogP contribution in [-0.4, -0.2) is 18.1 Å². The van der Waals surface area contributed by atoms with E-state index in [4.69, 9.17) is 10.00 Å². The third kappa shape index (κ3) is 2.46. The number of hydrogen-bond acceptors (Lipinski definition) is 3. The van der Waals surface area contributed by atoms with Gasteiger partial charge in [-0.05, 0) is 5.92 Å². The van der Waals surface area contributed by atoms with Gasteiger partial charge in [-0.3, -0.25) is 0 Å². The van der Waals surface area contributed by atoms with E-state index in [1.807, 2.05) is 0 Å². The molecular formula is C9H13NOS. The highest BCUT2D eigenvalue weighted by Crippen LogP contribution is 2.24. The lowest BCUT2D eigenvalue weighted by molar-refractivity contribution is 0.181. The first-order chi connectivity index (χ1) is 5.74. The minimum atomic E-state index is 0.531. The standard InChI is InChI=1S/C9H13NOS/c1-7(2)4-11-9-6-12-5-8(9)3-10/h7H,4-6H2,1-2H3. The first-order valence-corrected chi connectivity index (χ1v) is 5.22. The summed E-state index contributed by atoms with van der Waals surface area (Å²) in [4.78, 5) is 0. The Morgan fingerprint density at radius 2 is 2.33 bits per heavy atom. The Morgan fingerprint density at radius 1 is 1.58 bits per heavy atom. The zero-order valence-electron chi connectivity index (χ0n) is 7.46. The number of hydrogen-bond donors (Lipinski definition) is 0. The maximum atomic E-state index is 8.70. The molecule has 12 heavy (non-hydrogen) atoms. The normalized spacial score (nSPS) is 16.8. The van der Waals surface area contributed by atoms with Gasteiger partial charge in [0, 0.05) is 5.75 Å².